The van der Waals surface area contributed by atoms with Crippen LogP contribution in [0.15, 0.2) is 121 Å². The maximum absolute atomic E-state index is 13.7. The monoisotopic (exact) mass is 476 g/mol. The summed E-state index contributed by atoms with van der Waals surface area (Å²) in [6.45, 7) is 0.799. The predicted molar refractivity (Wildman–Crippen MR) is 144 cm³/mol. The number of amides is 2. The molecule has 4 nitrogen and oxygen atoms in total. The summed E-state index contributed by atoms with van der Waals surface area (Å²) in [5.41, 5.74) is 4.15. The molecule has 2 amide bonds. The van der Waals surface area contributed by atoms with E-state index in [-0.39, 0.29) is 11.8 Å². The Hall–Kier alpha value is -4.18. The Morgan fingerprint density at radius 1 is 0.611 bits per heavy atom. The maximum atomic E-state index is 13.7. The van der Waals surface area contributed by atoms with E-state index in [9.17, 15) is 9.59 Å². The molecule has 0 spiro atoms. The molecule has 182 valence electrons. The normalized spacial score (nSPS) is 11.4. The van der Waals surface area contributed by atoms with Crippen LogP contribution in [-0.2, 0) is 35.5 Å². The number of benzene rings is 4. The van der Waals surface area contributed by atoms with Gasteiger partial charge in [0.25, 0.3) is 0 Å². The molecular weight excluding hydrogens is 444 g/mol. The Morgan fingerprint density at radius 2 is 1.08 bits per heavy atom. The first-order chi connectivity index (χ1) is 17.7. The number of nitrogens with zero attached hydrogens (tertiary/aromatic N) is 1. The zero-order valence-electron chi connectivity index (χ0n) is 20.4. The maximum Gasteiger partial charge on any atom is 0.243 e. The average molecular weight is 477 g/mol. The summed E-state index contributed by atoms with van der Waals surface area (Å²) < 4.78 is 0. The highest BCUT2D eigenvalue weighted by molar-refractivity contribution is 5.88. The van der Waals surface area contributed by atoms with Gasteiger partial charge in [0.15, 0.2) is 0 Å². The summed E-state index contributed by atoms with van der Waals surface area (Å²) in [6, 6.07) is 39.0. The van der Waals surface area contributed by atoms with Gasteiger partial charge in [0.2, 0.25) is 11.8 Å². The number of aryl methyl sites for hydroxylation is 1. The van der Waals surface area contributed by atoms with Crippen LogP contribution < -0.4 is 5.32 Å². The van der Waals surface area contributed by atoms with Gasteiger partial charge in [0.1, 0.15) is 6.04 Å². The molecule has 0 aliphatic rings. The summed E-state index contributed by atoms with van der Waals surface area (Å²) >= 11 is 0. The average Bonchev–Trinajstić information content (AvgIpc) is 2.94. The SMILES string of the molecule is O=C(NCc1ccccc1)[C@@H](Cc1ccccc1)N(Cc1ccccc1)C(=O)CCc1ccccc1. The predicted octanol–water partition coefficient (Wildman–Crippen LogP) is 5.58. The Bertz CT molecular complexity index is 1110. The minimum atomic E-state index is -0.625. The Labute approximate surface area is 213 Å². The smallest absolute Gasteiger partial charge is 0.243 e. The number of carbonyl (C=O) groups excluding carboxylic acids is 2. The molecule has 0 aliphatic carbocycles. The van der Waals surface area contributed by atoms with Crippen LogP contribution in [0.1, 0.15) is 28.7 Å². The van der Waals surface area contributed by atoms with Crippen molar-refractivity contribution >= 4 is 11.8 Å². The molecule has 0 saturated carbocycles. The van der Waals surface area contributed by atoms with Crippen LogP contribution in [-0.4, -0.2) is 22.8 Å². The Balaban J connectivity index is 1.59. The quantitative estimate of drug-likeness (QED) is 0.307. The van der Waals surface area contributed by atoms with E-state index in [0.29, 0.717) is 32.4 Å². The van der Waals surface area contributed by atoms with Crippen molar-refractivity contribution in [3.05, 3.63) is 144 Å². The third-order valence-electron chi connectivity index (χ3n) is 6.25. The summed E-state index contributed by atoms with van der Waals surface area (Å²) in [5, 5.41) is 3.08. The molecule has 0 fully saturated rings. The first kappa shape index (κ1) is 24.9. The molecule has 0 saturated heterocycles. The second-order valence-corrected chi connectivity index (χ2v) is 8.90. The highest BCUT2D eigenvalue weighted by Gasteiger charge is 2.30. The number of rotatable bonds is 11. The molecule has 4 rings (SSSR count). The van der Waals surface area contributed by atoms with Gasteiger partial charge in [-0.05, 0) is 28.7 Å². The molecule has 1 N–H and O–H groups in total. The molecule has 0 bridgehead atoms. The number of nitrogens with one attached hydrogen (secondary N) is 1. The summed E-state index contributed by atoms with van der Waals surface area (Å²) in [5.74, 6) is -0.176. The third kappa shape index (κ3) is 7.41. The minimum absolute atomic E-state index is 0.0292. The van der Waals surface area contributed by atoms with E-state index in [4.69, 9.17) is 0 Å². The van der Waals surface area contributed by atoms with Crippen molar-refractivity contribution in [2.75, 3.05) is 0 Å². The molecule has 0 radical (unpaired) electrons. The van der Waals surface area contributed by atoms with Crippen molar-refractivity contribution in [1.29, 1.82) is 0 Å². The molecule has 36 heavy (non-hydrogen) atoms. The summed E-state index contributed by atoms with van der Waals surface area (Å²) in [6.07, 6.45) is 1.42. The van der Waals surface area contributed by atoms with Crippen LogP contribution in [0.25, 0.3) is 0 Å². The molecular formula is C32H32N2O2. The van der Waals surface area contributed by atoms with Crippen molar-refractivity contribution in [1.82, 2.24) is 10.2 Å². The van der Waals surface area contributed by atoms with Gasteiger partial charge in [0.05, 0.1) is 0 Å². The molecule has 0 unspecified atom stereocenters. The van der Waals surface area contributed by atoms with E-state index in [1.807, 2.05) is 121 Å². The molecule has 4 aromatic rings. The topological polar surface area (TPSA) is 49.4 Å². The Morgan fingerprint density at radius 3 is 1.64 bits per heavy atom. The molecule has 0 aromatic heterocycles. The molecule has 0 heterocycles. The van der Waals surface area contributed by atoms with E-state index in [0.717, 1.165) is 22.3 Å². The van der Waals surface area contributed by atoms with Gasteiger partial charge in [0, 0.05) is 25.9 Å². The number of hydrogen-bond acceptors (Lipinski definition) is 2. The van der Waals surface area contributed by atoms with Gasteiger partial charge in [-0.15, -0.1) is 0 Å². The highest BCUT2D eigenvalue weighted by atomic mass is 16.2. The van der Waals surface area contributed by atoms with Gasteiger partial charge < -0.3 is 10.2 Å². The lowest BCUT2D eigenvalue weighted by Gasteiger charge is -2.31. The number of carbonyl (C=O) groups is 2. The van der Waals surface area contributed by atoms with Gasteiger partial charge in [-0.25, -0.2) is 0 Å². The van der Waals surface area contributed by atoms with E-state index >= 15 is 0 Å². The van der Waals surface area contributed by atoms with E-state index < -0.39 is 6.04 Å². The highest BCUT2D eigenvalue weighted by Crippen LogP contribution is 2.17. The fourth-order valence-corrected chi connectivity index (χ4v) is 4.28. The molecule has 4 aromatic carbocycles. The molecule has 1 atom stereocenters. The number of hydrogen-bond donors (Lipinski definition) is 1. The van der Waals surface area contributed by atoms with Crippen molar-refractivity contribution < 1.29 is 9.59 Å². The fourth-order valence-electron chi connectivity index (χ4n) is 4.28. The Kier molecular flexibility index (Phi) is 9.04. The van der Waals surface area contributed by atoms with Gasteiger partial charge in [-0.2, -0.15) is 0 Å². The lowest BCUT2D eigenvalue weighted by atomic mass is 10.0. The second-order valence-electron chi connectivity index (χ2n) is 8.90. The van der Waals surface area contributed by atoms with Gasteiger partial charge >= 0.3 is 0 Å². The standard InChI is InChI=1S/C32H32N2O2/c35-31(22-21-26-13-5-1-6-14-26)34(25-29-19-11-4-12-20-29)30(23-27-15-7-2-8-16-27)32(36)33-24-28-17-9-3-10-18-28/h1-20,30H,21-25H2,(H,33,36)/t30-/m1/s1. The van der Waals surface area contributed by atoms with E-state index in [1.165, 1.54) is 0 Å². The van der Waals surface area contributed by atoms with Gasteiger partial charge in [-0.1, -0.05) is 121 Å². The lowest BCUT2D eigenvalue weighted by Crippen LogP contribution is -2.50. The first-order valence-corrected chi connectivity index (χ1v) is 12.4. The summed E-state index contributed by atoms with van der Waals surface area (Å²) in [7, 11) is 0. The fraction of sp³-hybridized carbons (Fsp3) is 0.188. The van der Waals surface area contributed by atoms with Crippen LogP contribution in [0.5, 0.6) is 0 Å². The van der Waals surface area contributed by atoms with Crippen LogP contribution >= 0.6 is 0 Å². The zero-order valence-corrected chi connectivity index (χ0v) is 20.4. The van der Waals surface area contributed by atoms with Crippen molar-refractivity contribution in [3.63, 3.8) is 0 Å². The van der Waals surface area contributed by atoms with E-state index in [2.05, 4.69) is 5.32 Å². The lowest BCUT2D eigenvalue weighted by molar-refractivity contribution is -0.141. The van der Waals surface area contributed by atoms with Crippen molar-refractivity contribution in [2.45, 2.75) is 38.4 Å². The molecule has 4 heteroatoms. The summed E-state index contributed by atoms with van der Waals surface area (Å²) in [4.78, 5) is 29.1. The van der Waals surface area contributed by atoms with Crippen molar-refractivity contribution in [3.8, 4) is 0 Å². The third-order valence-corrected chi connectivity index (χ3v) is 6.25. The zero-order chi connectivity index (χ0) is 25.0. The molecule has 0 aliphatic heterocycles. The van der Waals surface area contributed by atoms with E-state index in [1.54, 1.807) is 4.90 Å². The van der Waals surface area contributed by atoms with Gasteiger partial charge in [-0.3, -0.25) is 9.59 Å². The minimum Gasteiger partial charge on any atom is -0.350 e. The largest absolute Gasteiger partial charge is 0.350 e. The van der Waals surface area contributed by atoms with Crippen LogP contribution in [0.2, 0.25) is 0 Å². The van der Waals surface area contributed by atoms with Crippen LogP contribution in [0.4, 0.5) is 0 Å². The van der Waals surface area contributed by atoms with Crippen molar-refractivity contribution in [2.24, 2.45) is 0 Å². The van der Waals surface area contributed by atoms with Crippen LogP contribution in [0.3, 0.4) is 0 Å². The van der Waals surface area contributed by atoms with Crippen LogP contribution in [0, 0.1) is 0 Å². The first-order valence-electron chi connectivity index (χ1n) is 12.4. The second kappa shape index (κ2) is 13.1.